The lowest BCUT2D eigenvalue weighted by Gasteiger charge is -2.37. The fourth-order valence-electron chi connectivity index (χ4n) is 4.62. The van der Waals surface area contributed by atoms with E-state index >= 15 is 0 Å². The monoisotopic (exact) mass is 549 g/mol. The zero-order valence-corrected chi connectivity index (χ0v) is 23.2. The second-order valence-corrected chi connectivity index (χ2v) is 11.4. The van der Waals surface area contributed by atoms with Gasteiger partial charge in [-0.25, -0.2) is 8.91 Å². The molecule has 0 aliphatic heterocycles. The number of hydrogen-bond donors (Lipinski definition) is 4. The Bertz CT molecular complexity index is 1420. The molecular formula is C29H36FN7O3. The molecule has 2 amide bonds. The van der Waals surface area contributed by atoms with E-state index in [1.54, 1.807) is 16.6 Å². The highest BCUT2D eigenvalue weighted by Crippen LogP contribution is 2.32. The Kier molecular flexibility index (Phi) is 8.69. The number of nitrogens with one attached hydrogen (secondary N) is 3. The van der Waals surface area contributed by atoms with E-state index < -0.39 is 17.7 Å². The number of halogens is 1. The first-order valence-corrected chi connectivity index (χ1v) is 13.5. The zero-order chi connectivity index (χ0) is 29.0. The number of nitriles is 1. The van der Waals surface area contributed by atoms with Crippen LogP contribution in [0.15, 0.2) is 36.7 Å². The number of hydrogen-bond acceptors (Lipinski definition) is 7. The van der Waals surface area contributed by atoms with Crippen molar-refractivity contribution in [3.63, 3.8) is 0 Å². The Morgan fingerprint density at radius 1 is 1.23 bits per heavy atom. The van der Waals surface area contributed by atoms with Crippen LogP contribution in [-0.4, -0.2) is 62.4 Å². The predicted octanol–water partition coefficient (Wildman–Crippen LogP) is 3.46. The lowest BCUT2D eigenvalue weighted by Crippen LogP contribution is -2.43. The average Bonchev–Trinajstić information content (AvgIpc) is 3.30. The number of aromatic nitrogens is 3. The van der Waals surface area contributed by atoms with Gasteiger partial charge in [-0.3, -0.25) is 14.6 Å². The Morgan fingerprint density at radius 3 is 2.65 bits per heavy atom. The molecule has 3 heterocycles. The number of carbonyl (C=O) groups excluding carboxylic acids is 2. The Balaban J connectivity index is 1.52. The molecule has 1 fully saturated rings. The fourth-order valence-corrected chi connectivity index (χ4v) is 4.62. The van der Waals surface area contributed by atoms with Crippen molar-refractivity contribution in [2.45, 2.75) is 64.8 Å². The molecular weight excluding hydrogens is 513 g/mol. The van der Waals surface area contributed by atoms with Crippen LogP contribution >= 0.6 is 0 Å². The van der Waals surface area contributed by atoms with E-state index in [4.69, 9.17) is 0 Å². The summed E-state index contributed by atoms with van der Waals surface area (Å²) in [5, 5.41) is 32.4. The van der Waals surface area contributed by atoms with Crippen LogP contribution in [0.1, 0.15) is 62.9 Å². The van der Waals surface area contributed by atoms with Crippen molar-refractivity contribution < 1.29 is 19.1 Å². The molecule has 212 valence electrons. The van der Waals surface area contributed by atoms with Crippen molar-refractivity contribution in [1.29, 1.82) is 5.26 Å². The van der Waals surface area contributed by atoms with Crippen molar-refractivity contribution in [3.05, 3.63) is 47.8 Å². The summed E-state index contributed by atoms with van der Waals surface area (Å²) >= 11 is 0. The SMILES string of the molecule is CC(C)CC(=O)NC[C@H]1C[C@H](Nc2cc(-c3ccc4cc(C#N)cnn34)ncc2C(=O)NC[C@@H](F)C(C)(C)O)C1. The van der Waals surface area contributed by atoms with Gasteiger partial charge in [0.1, 0.15) is 12.2 Å². The molecule has 0 unspecified atom stereocenters. The van der Waals surface area contributed by atoms with Crippen LogP contribution in [0.3, 0.4) is 0 Å². The van der Waals surface area contributed by atoms with Crippen LogP contribution < -0.4 is 16.0 Å². The molecule has 10 nitrogen and oxygen atoms in total. The maximum atomic E-state index is 14.3. The largest absolute Gasteiger partial charge is 0.387 e. The van der Waals surface area contributed by atoms with Gasteiger partial charge >= 0.3 is 0 Å². The van der Waals surface area contributed by atoms with Gasteiger partial charge in [-0.15, -0.1) is 0 Å². The third kappa shape index (κ3) is 6.93. The zero-order valence-electron chi connectivity index (χ0n) is 23.2. The highest BCUT2D eigenvalue weighted by atomic mass is 19.1. The first-order valence-electron chi connectivity index (χ1n) is 13.5. The third-order valence-electron chi connectivity index (χ3n) is 7.03. The molecule has 1 aliphatic carbocycles. The van der Waals surface area contributed by atoms with Crippen LogP contribution in [-0.2, 0) is 4.79 Å². The van der Waals surface area contributed by atoms with Gasteiger partial charge in [0.25, 0.3) is 5.91 Å². The Labute approximate surface area is 233 Å². The molecule has 3 aromatic heterocycles. The van der Waals surface area contributed by atoms with Gasteiger partial charge < -0.3 is 21.1 Å². The van der Waals surface area contributed by atoms with Gasteiger partial charge in [0.15, 0.2) is 0 Å². The highest BCUT2D eigenvalue weighted by molar-refractivity contribution is 6.00. The second-order valence-electron chi connectivity index (χ2n) is 11.4. The summed E-state index contributed by atoms with van der Waals surface area (Å²) in [5.74, 6) is 0.177. The molecule has 0 aromatic carbocycles. The van der Waals surface area contributed by atoms with Crippen LogP contribution in [0.5, 0.6) is 0 Å². The van der Waals surface area contributed by atoms with Crippen molar-refractivity contribution in [3.8, 4) is 17.5 Å². The minimum Gasteiger partial charge on any atom is -0.387 e. The Morgan fingerprint density at radius 2 is 1.98 bits per heavy atom. The minimum absolute atomic E-state index is 0.0521. The van der Waals surface area contributed by atoms with Crippen molar-refractivity contribution in [2.24, 2.45) is 11.8 Å². The molecule has 1 saturated carbocycles. The van der Waals surface area contributed by atoms with Gasteiger partial charge in [-0.1, -0.05) is 13.8 Å². The summed E-state index contributed by atoms with van der Waals surface area (Å²) in [5.41, 5.74) is 1.62. The molecule has 11 heteroatoms. The second kappa shape index (κ2) is 12.0. The lowest BCUT2D eigenvalue weighted by atomic mass is 9.80. The maximum absolute atomic E-state index is 14.3. The van der Waals surface area contributed by atoms with E-state index in [1.165, 1.54) is 26.2 Å². The summed E-state index contributed by atoms with van der Waals surface area (Å²) in [6.07, 6.45) is 3.41. The van der Waals surface area contributed by atoms with Gasteiger partial charge in [-0.05, 0) is 62.8 Å². The van der Waals surface area contributed by atoms with Crippen molar-refractivity contribution in [1.82, 2.24) is 25.2 Å². The molecule has 1 atom stereocenters. The summed E-state index contributed by atoms with van der Waals surface area (Å²) in [7, 11) is 0. The minimum atomic E-state index is -1.64. The first kappa shape index (κ1) is 29.0. The van der Waals surface area contributed by atoms with Gasteiger partial charge in [0.05, 0.1) is 52.1 Å². The molecule has 0 spiro atoms. The number of anilines is 1. The number of aliphatic hydroxyl groups is 1. The average molecular weight is 550 g/mol. The van der Waals surface area contributed by atoms with E-state index in [-0.39, 0.29) is 24.1 Å². The van der Waals surface area contributed by atoms with E-state index in [0.29, 0.717) is 47.4 Å². The molecule has 1 aliphatic rings. The lowest BCUT2D eigenvalue weighted by molar-refractivity contribution is -0.122. The quantitative estimate of drug-likeness (QED) is 0.287. The normalized spacial score (nSPS) is 17.6. The molecule has 0 radical (unpaired) electrons. The number of fused-ring (bicyclic) bond motifs is 1. The smallest absolute Gasteiger partial charge is 0.255 e. The van der Waals surface area contributed by atoms with Crippen molar-refractivity contribution >= 4 is 23.0 Å². The van der Waals surface area contributed by atoms with Gasteiger partial charge in [0, 0.05) is 25.2 Å². The van der Waals surface area contributed by atoms with Gasteiger partial charge in [-0.2, -0.15) is 10.4 Å². The highest BCUT2D eigenvalue weighted by Gasteiger charge is 2.31. The van der Waals surface area contributed by atoms with Gasteiger partial charge in [0.2, 0.25) is 5.91 Å². The number of alkyl halides is 1. The van der Waals surface area contributed by atoms with Crippen LogP contribution in [0.2, 0.25) is 0 Å². The van der Waals surface area contributed by atoms with E-state index in [0.717, 1.165) is 18.4 Å². The number of carbonyl (C=O) groups is 2. The standard InChI is InChI=1S/C29H36FN7O3/c1-17(2)7-27(38)33-13-18-8-20(9-18)36-23-11-24(25-6-5-21-10-19(12-31)14-35-37(21)25)32-15-22(23)28(39)34-16-26(30)29(3,4)40/h5-6,10-11,14-15,17-18,20,26,40H,7-9,13,16H2,1-4H3,(H,32,36)(H,33,38)(H,34,39)/t18-,20-,26-/m1/s1. The van der Waals surface area contributed by atoms with E-state index in [9.17, 15) is 24.3 Å². The number of amides is 2. The number of rotatable bonds is 11. The maximum Gasteiger partial charge on any atom is 0.255 e. The van der Waals surface area contributed by atoms with E-state index in [1.807, 2.05) is 26.0 Å². The molecule has 4 N–H and O–H groups in total. The number of nitrogens with zero attached hydrogens (tertiary/aromatic N) is 4. The van der Waals surface area contributed by atoms with Crippen LogP contribution in [0.25, 0.3) is 16.9 Å². The van der Waals surface area contributed by atoms with Crippen molar-refractivity contribution in [2.75, 3.05) is 18.4 Å². The Hall–Kier alpha value is -4.04. The predicted molar refractivity (Wildman–Crippen MR) is 149 cm³/mol. The molecule has 0 saturated heterocycles. The van der Waals surface area contributed by atoms with Crippen LogP contribution in [0, 0.1) is 23.2 Å². The first-order chi connectivity index (χ1) is 18.9. The van der Waals surface area contributed by atoms with Crippen LogP contribution in [0.4, 0.5) is 10.1 Å². The third-order valence-corrected chi connectivity index (χ3v) is 7.03. The number of pyridine rings is 1. The summed E-state index contributed by atoms with van der Waals surface area (Å²) < 4.78 is 16.0. The molecule has 0 bridgehead atoms. The topological polar surface area (TPSA) is 144 Å². The molecule has 3 aromatic rings. The molecule has 40 heavy (non-hydrogen) atoms. The summed E-state index contributed by atoms with van der Waals surface area (Å²) in [6, 6.07) is 9.32. The summed E-state index contributed by atoms with van der Waals surface area (Å²) in [4.78, 5) is 29.5. The fraction of sp³-hybridized carbons (Fsp3) is 0.483. The van der Waals surface area contributed by atoms with E-state index in [2.05, 4.69) is 32.1 Å². The molecule has 4 rings (SSSR count). The summed E-state index contributed by atoms with van der Waals surface area (Å²) in [6.45, 7) is 6.98.